The highest BCUT2D eigenvalue weighted by Gasteiger charge is 2.53. The largest absolute Gasteiger partial charge is 0.463 e. The molecule has 45 heavy (non-hydrogen) atoms. The molecule has 3 fully saturated rings. The first-order valence-corrected chi connectivity index (χ1v) is 15.0. The molecule has 0 radical (unpaired) electrons. The molecule has 5 rings (SSSR count). The number of nitrogens with one attached hydrogen (secondary N) is 1. The van der Waals surface area contributed by atoms with Crippen LogP contribution in [0, 0.1) is 0 Å². The third-order valence-corrected chi connectivity index (χ3v) is 8.24. The molecule has 1 amide bonds. The maximum absolute atomic E-state index is 12.9. The van der Waals surface area contributed by atoms with E-state index in [1.54, 1.807) is 43.3 Å². The summed E-state index contributed by atoms with van der Waals surface area (Å²) >= 11 is 6.02. The second kappa shape index (κ2) is 14.4. The lowest BCUT2D eigenvalue weighted by Crippen LogP contribution is -2.67. The van der Waals surface area contributed by atoms with Gasteiger partial charge in [-0.05, 0) is 54.8 Å². The maximum Gasteiger partial charge on any atom is 0.247 e. The van der Waals surface area contributed by atoms with Crippen molar-refractivity contribution in [1.82, 2.24) is 5.32 Å². The summed E-state index contributed by atoms with van der Waals surface area (Å²) in [6.07, 6.45) is -5.95. The Kier molecular flexibility index (Phi) is 10.6. The Morgan fingerprint density at radius 1 is 1.11 bits per heavy atom. The van der Waals surface area contributed by atoms with Crippen LogP contribution in [0.5, 0.6) is 5.75 Å². The summed E-state index contributed by atoms with van der Waals surface area (Å²) < 4.78 is 22.5. The highest BCUT2D eigenvalue weighted by Crippen LogP contribution is 2.32. The molecule has 244 valence electrons. The number of halogens is 1. The van der Waals surface area contributed by atoms with Gasteiger partial charge in [0.25, 0.3) is 0 Å². The zero-order valence-electron chi connectivity index (χ0n) is 24.8. The first-order valence-electron chi connectivity index (χ1n) is 14.6. The van der Waals surface area contributed by atoms with Gasteiger partial charge in [0, 0.05) is 17.0 Å². The average Bonchev–Trinajstić information content (AvgIpc) is 3.65. The van der Waals surface area contributed by atoms with E-state index in [9.17, 15) is 25.2 Å². The van der Waals surface area contributed by atoms with Gasteiger partial charge >= 0.3 is 0 Å². The first kappa shape index (κ1) is 33.1. The fourth-order valence-corrected chi connectivity index (χ4v) is 5.80. The summed E-state index contributed by atoms with van der Waals surface area (Å²) in [4.78, 5) is 18.4. The molecule has 3 aliphatic rings. The van der Waals surface area contributed by atoms with Gasteiger partial charge in [0.05, 0.1) is 23.5 Å². The van der Waals surface area contributed by atoms with E-state index in [1.807, 2.05) is 19.1 Å². The number of anilines is 1. The predicted octanol–water partition coefficient (Wildman–Crippen LogP) is 1.49. The Morgan fingerprint density at radius 2 is 1.87 bits per heavy atom. The number of aliphatic hydroxyl groups excluding tert-OH is 4. The molecule has 14 heteroatoms. The van der Waals surface area contributed by atoms with Crippen LogP contribution in [0.3, 0.4) is 0 Å². The van der Waals surface area contributed by atoms with Gasteiger partial charge < -0.3 is 55.3 Å². The number of carbonyl (C=O) groups is 1. The molecule has 2 aromatic carbocycles. The zero-order chi connectivity index (χ0) is 32.2. The summed E-state index contributed by atoms with van der Waals surface area (Å²) in [5.74, 6) is -0.235. The lowest BCUT2D eigenvalue weighted by atomic mass is 9.83. The topological polar surface area (TPSA) is 195 Å². The van der Waals surface area contributed by atoms with Crippen molar-refractivity contribution in [2.24, 2.45) is 5.16 Å². The van der Waals surface area contributed by atoms with Crippen LogP contribution in [-0.4, -0.2) is 93.9 Å². The van der Waals surface area contributed by atoms with Gasteiger partial charge in [-0.1, -0.05) is 41.9 Å². The van der Waals surface area contributed by atoms with E-state index in [0.717, 1.165) is 5.56 Å². The highest BCUT2D eigenvalue weighted by atomic mass is 35.5. The van der Waals surface area contributed by atoms with Crippen LogP contribution >= 0.6 is 11.6 Å². The number of hydrogen-bond acceptors (Lipinski definition) is 12. The molecule has 2 aliphatic heterocycles. The minimum absolute atomic E-state index is 0.126. The molecule has 2 saturated heterocycles. The Morgan fingerprint density at radius 3 is 2.58 bits per heavy atom. The molecule has 7 N–H and O–H groups in total. The monoisotopic (exact) mass is 647 g/mol. The van der Waals surface area contributed by atoms with Crippen molar-refractivity contribution in [1.29, 1.82) is 0 Å². The van der Waals surface area contributed by atoms with Crippen molar-refractivity contribution in [3.63, 3.8) is 0 Å². The smallest absolute Gasteiger partial charge is 0.247 e. The van der Waals surface area contributed by atoms with Gasteiger partial charge in [-0.3, -0.25) is 4.79 Å². The molecular formula is C31H38ClN3O10. The lowest BCUT2D eigenvalue weighted by Gasteiger charge is -2.41. The number of oxime groups is 1. The van der Waals surface area contributed by atoms with E-state index in [4.69, 9.17) is 41.1 Å². The van der Waals surface area contributed by atoms with Crippen molar-refractivity contribution in [2.75, 3.05) is 12.5 Å². The van der Waals surface area contributed by atoms with Gasteiger partial charge in [-0.25, -0.2) is 0 Å². The summed E-state index contributed by atoms with van der Waals surface area (Å²) in [5.41, 5.74) is 8.76. The fraction of sp³-hybridized carbons (Fsp3) is 0.484. The Hall–Kier alpha value is -3.27. The van der Waals surface area contributed by atoms with E-state index < -0.39 is 61.0 Å². The second-order valence-corrected chi connectivity index (χ2v) is 11.7. The molecule has 1 saturated carbocycles. The Bertz CT molecular complexity index is 1420. The molecule has 0 aromatic heterocycles. The second-order valence-electron chi connectivity index (χ2n) is 11.2. The fourth-order valence-electron chi connectivity index (χ4n) is 5.58. The van der Waals surface area contributed by atoms with Crippen molar-refractivity contribution >= 4 is 35.0 Å². The van der Waals surface area contributed by atoms with E-state index in [-0.39, 0.29) is 31.1 Å². The van der Waals surface area contributed by atoms with Crippen LogP contribution in [0.15, 0.2) is 53.2 Å². The number of rotatable bonds is 10. The quantitative estimate of drug-likeness (QED) is 0.0946. The molecule has 0 spiro atoms. The van der Waals surface area contributed by atoms with Crippen molar-refractivity contribution < 1.29 is 49.0 Å². The molecular weight excluding hydrogens is 610 g/mol. The standard InChI is InChI=1S/C31H38ClN3O10/c1-3-20(35-43-13-17-5-4-6-18(32)10-17)28-21(36)12-23(45-28)44-22-8-7-16(11-19(22)33)9-15(2)31(40)34-24-25(37)27(39)30-29(26(24)38)41-14-42-30/h4-11,21,23-30,36-39H,3,12-14,33H2,1-2H3,(H,34,40)/b15-9+,35-20-/t21-,23+,24+,25-,26+,27+,28+,29-,30+/m0/s1. The molecule has 2 aromatic rings. The molecule has 0 unspecified atom stereocenters. The summed E-state index contributed by atoms with van der Waals surface area (Å²) in [7, 11) is 0. The van der Waals surface area contributed by atoms with E-state index >= 15 is 0 Å². The number of nitrogens with zero attached hydrogens (tertiary/aromatic N) is 1. The predicted molar refractivity (Wildman–Crippen MR) is 163 cm³/mol. The number of aliphatic hydroxyl groups is 4. The summed E-state index contributed by atoms with van der Waals surface area (Å²) in [5, 5.41) is 49.5. The average molecular weight is 648 g/mol. The molecule has 1 aliphatic carbocycles. The van der Waals surface area contributed by atoms with Crippen LogP contribution in [0.25, 0.3) is 6.08 Å². The van der Waals surface area contributed by atoms with Gasteiger partial charge in [0.1, 0.15) is 55.8 Å². The molecule has 0 bridgehead atoms. The van der Waals surface area contributed by atoms with Crippen molar-refractivity contribution in [3.05, 3.63) is 64.2 Å². The minimum Gasteiger partial charge on any atom is -0.463 e. The maximum atomic E-state index is 12.9. The third kappa shape index (κ3) is 7.59. The van der Waals surface area contributed by atoms with Gasteiger partial charge in [0.2, 0.25) is 12.2 Å². The van der Waals surface area contributed by atoms with Crippen LogP contribution in [0.4, 0.5) is 5.69 Å². The van der Waals surface area contributed by atoms with Crippen molar-refractivity contribution in [3.8, 4) is 5.75 Å². The van der Waals surface area contributed by atoms with E-state index in [0.29, 0.717) is 28.5 Å². The number of hydrogen-bond donors (Lipinski definition) is 6. The molecule has 9 atom stereocenters. The number of benzene rings is 2. The number of nitrogens with two attached hydrogens (primary N) is 1. The van der Waals surface area contributed by atoms with Gasteiger partial charge in [-0.15, -0.1) is 0 Å². The number of amides is 1. The number of nitrogen functional groups attached to an aromatic ring is 1. The van der Waals surface area contributed by atoms with Gasteiger partial charge in [0.15, 0.2) is 0 Å². The number of fused-ring (bicyclic) bond motifs is 1. The third-order valence-electron chi connectivity index (χ3n) is 8.01. The van der Waals surface area contributed by atoms with Crippen molar-refractivity contribution in [2.45, 2.75) is 88.4 Å². The number of ether oxygens (including phenoxy) is 4. The van der Waals surface area contributed by atoms with Crippen LogP contribution < -0.4 is 15.8 Å². The number of carbonyl (C=O) groups excluding carboxylic acids is 1. The van der Waals surface area contributed by atoms with Crippen LogP contribution in [-0.2, 0) is 30.4 Å². The first-order chi connectivity index (χ1) is 21.5. The molecule has 2 heterocycles. The SMILES string of the molecule is CC/C(=N/OCc1cccc(Cl)c1)[C@H]1O[C@@H](Oc2ccc(/C=C(\C)C(=O)N[C@@H]3[C@H](O)[C@@H](O)[C@H]4OCO[C@H]4[C@@H]3O)cc2N)C[C@@H]1O. The minimum atomic E-state index is -1.45. The van der Waals surface area contributed by atoms with Crippen LogP contribution in [0.2, 0.25) is 5.02 Å². The summed E-state index contributed by atoms with van der Waals surface area (Å²) in [6.45, 7) is 3.53. The summed E-state index contributed by atoms with van der Waals surface area (Å²) in [6, 6.07) is 11.0. The van der Waals surface area contributed by atoms with Crippen LogP contribution in [0.1, 0.15) is 37.8 Å². The lowest BCUT2D eigenvalue weighted by molar-refractivity contribution is -0.155. The zero-order valence-corrected chi connectivity index (χ0v) is 25.5. The Labute approximate surface area is 265 Å². The molecule has 13 nitrogen and oxygen atoms in total. The van der Waals surface area contributed by atoms with E-state index in [1.165, 1.54) is 0 Å². The normalized spacial score (nSPS) is 31.8. The van der Waals surface area contributed by atoms with E-state index in [2.05, 4.69) is 10.5 Å². The van der Waals surface area contributed by atoms with Gasteiger partial charge in [-0.2, -0.15) is 0 Å². The Balaban J connectivity index is 1.17. The highest BCUT2D eigenvalue weighted by molar-refractivity contribution is 6.30.